The first-order chi connectivity index (χ1) is 8.11. The van der Waals surface area contributed by atoms with Gasteiger partial charge in [-0.3, -0.25) is 0 Å². The highest BCUT2D eigenvalue weighted by molar-refractivity contribution is 5.87. The minimum absolute atomic E-state index is 0.000509. The Morgan fingerprint density at radius 1 is 1.18 bits per heavy atom. The van der Waals surface area contributed by atoms with Crippen LogP contribution >= 0.6 is 0 Å². The van der Waals surface area contributed by atoms with Crippen LogP contribution in [0.5, 0.6) is 0 Å². The number of hydrogen-bond acceptors (Lipinski definition) is 5. The van der Waals surface area contributed by atoms with Crippen LogP contribution < -0.4 is 0 Å². The molecule has 0 aliphatic carbocycles. The van der Waals surface area contributed by atoms with Gasteiger partial charge in [0.15, 0.2) is 0 Å². The van der Waals surface area contributed by atoms with E-state index in [1.54, 1.807) is 0 Å². The number of rotatable bonds is 9. The van der Waals surface area contributed by atoms with Crippen LogP contribution in [0.2, 0.25) is 0 Å². The van der Waals surface area contributed by atoms with E-state index in [1.165, 1.54) is 0 Å². The van der Waals surface area contributed by atoms with Crippen LogP contribution in [0.1, 0.15) is 19.3 Å². The van der Waals surface area contributed by atoms with Crippen LogP contribution in [0, 0.1) is 0 Å². The largest absolute Gasteiger partial charge is 0.459 e. The van der Waals surface area contributed by atoms with Crippen molar-refractivity contribution in [2.24, 2.45) is 0 Å². The molecule has 0 amide bonds. The Labute approximate surface area is 101 Å². The van der Waals surface area contributed by atoms with Gasteiger partial charge in [-0.25, -0.2) is 9.59 Å². The molecule has 0 spiro atoms. The summed E-state index contributed by atoms with van der Waals surface area (Å²) in [6.45, 7) is 6.90. The zero-order valence-corrected chi connectivity index (χ0v) is 9.81. The molecule has 0 aromatic heterocycles. The second-order valence-corrected chi connectivity index (χ2v) is 3.29. The highest BCUT2D eigenvalue weighted by Crippen LogP contribution is 2.06. The molecule has 5 heteroatoms. The Kier molecular flexibility index (Phi) is 8.68. The number of aliphatic hydroxyl groups is 1. The maximum atomic E-state index is 11.3. The molecular formula is C12H18O5. The van der Waals surface area contributed by atoms with Gasteiger partial charge in [-0.1, -0.05) is 13.2 Å². The molecule has 0 saturated heterocycles. The lowest BCUT2D eigenvalue weighted by atomic mass is 10.1. The molecular weight excluding hydrogens is 224 g/mol. The maximum absolute atomic E-state index is 11.3. The first-order valence-electron chi connectivity index (χ1n) is 5.36. The SMILES string of the molecule is C=CC(=O)OCCOC(=O)C(=C)CCCCO. The Hall–Kier alpha value is -1.62. The Bertz CT molecular complexity index is 283. The fourth-order valence-corrected chi connectivity index (χ4v) is 0.990. The van der Waals surface area contributed by atoms with Crippen molar-refractivity contribution >= 4 is 11.9 Å². The van der Waals surface area contributed by atoms with Crippen LogP contribution in [0.4, 0.5) is 0 Å². The van der Waals surface area contributed by atoms with Gasteiger partial charge in [0.1, 0.15) is 13.2 Å². The molecule has 0 rings (SSSR count). The zero-order valence-electron chi connectivity index (χ0n) is 9.81. The third-order valence-electron chi connectivity index (χ3n) is 1.90. The number of aliphatic hydroxyl groups excluding tert-OH is 1. The number of carbonyl (C=O) groups is 2. The molecule has 0 atom stereocenters. The second kappa shape index (κ2) is 9.59. The lowest BCUT2D eigenvalue weighted by Gasteiger charge is -2.06. The third kappa shape index (κ3) is 8.21. The molecule has 0 aliphatic rings. The molecule has 0 aromatic carbocycles. The fourth-order valence-electron chi connectivity index (χ4n) is 0.990. The van der Waals surface area contributed by atoms with Crippen molar-refractivity contribution in [2.45, 2.75) is 19.3 Å². The molecule has 5 nitrogen and oxygen atoms in total. The topological polar surface area (TPSA) is 72.8 Å². The number of ether oxygens (including phenoxy) is 2. The van der Waals surface area contributed by atoms with Gasteiger partial charge in [-0.2, -0.15) is 0 Å². The van der Waals surface area contributed by atoms with Gasteiger partial charge in [0.05, 0.1) is 0 Å². The summed E-state index contributed by atoms with van der Waals surface area (Å²) in [6, 6.07) is 0. The molecule has 0 saturated carbocycles. The summed E-state index contributed by atoms with van der Waals surface area (Å²) < 4.78 is 9.44. The number of esters is 2. The average Bonchev–Trinajstić information content (AvgIpc) is 2.34. The molecule has 0 aliphatic heterocycles. The first-order valence-corrected chi connectivity index (χ1v) is 5.36. The van der Waals surface area contributed by atoms with E-state index in [0.29, 0.717) is 24.8 Å². The Balaban J connectivity index is 3.60. The summed E-state index contributed by atoms with van der Waals surface area (Å²) in [4.78, 5) is 21.9. The van der Waals surface area contributed by atoms with Crippen LogP contribution in [0.3, 0.4) is 0 Å². The van der Waals surface area contributed by atoms with E-state index < -0.39 is 11.9 Å². The van der Waals surface area contributed by atoms with Gasteiger partial charge < -0.3 is 14.6 Å². The van der Waals surface area contributed by atoms with E-state index in [9.17, 15) is 9.59 Å². The van der Waals surface area contributed by atoms with Crippen LogP contribution in [-0.4, -0.2) is 36.9 Å². The maximum Gasteiger partial charge on any atom is 0.333 e. The van der Waals surface area contributed by atoms with E-state index >= 15 is 0 Å². The van der Waals surface area contributed by atoms with E-state index in [0.717, 1.165) is 6.08 Å². The van der Waals surface area contributed by atoms with Crippen molar-refractivity contribution in [1.82, 2.24) is 0 Å². The highest BCUT2D eigenvalue weighted by Gasteiger charge is 2.08. The predicted molar refractivity (Wildman–Crippen MR) is 62.2 cm³/mol. The lowest BCUT2D eigenvalue weighted by molar-refractivity contribution is -0.146. The van der Waals surface area contributed by atoms with Crippen molar-refractivity contribution in [1.29, 1.82) is 0 Å². The second-order valence-electron chi connectivity index (χ2n) is 3.29. The molecule has 96 valence electrons. The van der Waals surface area contributed by atoms with Crippen molar-refractivity contribution in [3.63, 3.8) is 0 Å². The van der Waals surface area contributed by atoms with Crippen molar-refractivity contribution < 1.29 is 24.2 Å². The number of hydrogen-bond donors (Lipinski definition) is 1. The quantitative estimate of drug-likeness (QED) is 0.370. The average molecular weight is 242 g/mol. The Morgan fingerprint density at radius 2 is 1.82 bits per heavy atom. The van der Waals surface area contributed by atoms with Gasteiger partial charge in [0.25, 0.3) is 0 Å². The molecule has 0 bridgehead atoms. The summed E-state index contributed by atoms with van der Waals surface area (Å²) in [5.74, 6) is -1.06. The Morgan fingerprint density at radius 3 is 2.41 bits per heavy atom. The molecule has 0 radical (unpaired) electrons. The van der Waals surface area contributed by atoms with E-state index in [4.69, 9.17) is 9.84 Å². The van der Waals surface area contributed by atoms with Crippen molar-refractivity contribution in [3.05, 3.63) is 24.8 Å². The highest BCUT2D eigenvalue weighted by atomic mass is 16.6. The van der Waals surface area contributed by atoms with Crippen LogP contribution in [0.15, 0.2) is 24.8 Å². The summed E-state index contributed by atoms with van der Waals surface area (Å²) >= 11 is 0. The van der Waals surface area contributed by atoms with Crippen molar-refractivity contribution in [2.75, 3.05) is 19.8 Å². The summed E-state index contributed by atoms with van der Waals surface area (Å²) in [6.07, 6.45) is 2.85. The molecule has 0 fully saturated rings. The summed E-state index contributed by atoms with van der Waals surface area (Å²) in [5.41, 5.74) is 0.355. The summed E-state index contributed by atoms with van der Waals surface area (Å²) in [5, 5.41) is 8.56. The smallest absolute Gasteiger partial charge is 0.333 e. The van der Waals surface area contributed by atoms with Gasteiger partial charge >= 0.3 is 11.9 Å². The van der Waals surface area contributed by atoms with E-state index in [2.05, 4.69) is 17.9 Å². The predicted octanol–water partition coefficient (Wildman–Crippen LogP) is 0.978. The standard InChI is InChI=1S/C12H18O5/c1-3-11(14)16-8-9-17-12(15)10(2)6-4-5-7-13/h3,13H,1-2,4-9H2. The van der Waals surface area contributed by atoms with Gasteiger partial charge in [-0.15, -0.1) is 0 Å². The number of unbranched alkanes of at least 4 members (excludes halogenated alkanes) is 1. The van der Waals surface area contributed by atoms with Gasteiger partial charge in [0.2, 0.25) is 0 Å². The van der Waals surface area contributed by atoms with Crippen molar-refractivity contribution in [3.8, 4) is 0 Å². The van der Waals surface area contributed by atoms with Crippen LogP contribution in [-0.2, 0) is 19.1 Å². The molecule has 0 heterocycles. The number of carbonyl (C=O) groups excluding carboxylic acids is 2. The molecule has 17 heavy (non-hydrogen) atoms. The molecule has 1 N–H and O–H groups in total. The van der Waals surface area contributed by atoms with Crippen LogP contribution in [0.25, 0.3) is 0 Å². The first kappa shape index (κ1) is 15.4. The van der Waals surface area contributed by atoms with E-state index in [-0.39, 0.29) is 19.8 Å². The lowest BCUT2D eigenvalue weighted by Crippen LogP contribution is -2.14. The zero-order chi connectivity index (χ0) is 13.1. The summed E-state index contributed by atoms with van der Waals surface area (Å²) in [7, 11) is 0. The molecule has 0 aromatic rings. The minimum atomic E-state index is -0.553. The van der Waals surface area contributed by atoms with Gasteiger partial charge in [-0.05, 0) is 19.3 Å². The normalized spacial score (nSPS) is 9.47. The van der Waals surface area contributed by atoms with E-state index in [1.807, 2.05) is 0 Å². The molecule has 0 unspecified atom stereocenters. The van der Waals surface area contributed by atoms with Gasteiger partial charge in [0, 0.05) is 18.3 Å². The fraction of sp³-hybridized carbons (Fsp3) is 0.500. The third-order valence-corrected chi connectivity index (χ3v) is 1.90. The minimum Gasteiger partial charge on any atom is -0.459 e. The monoisotopic (exact) mass is 242 g/mol.